The molecule has 1 aliphatic rings. The molecule has 1 amide bonds. The van der Waals surface area contributed by atoms with Crippen LogP contribution in [0.5, 0.6) is 0 Å². The van der Waals surface area contributed by atoms with Crippen molar-refractivity contribution >= 4 is 47.1 Å². The maximum absolute atomic E-state index is 13.2. The van der Waals surface area contributed by atoms with E-state index in [2.05, 4.69) is 60.4 Å². The van der Waals surface area contributed by atoms with Gasteiger partial charge in [-0.1, -0.05) is 62.5 Å². The molecule has 4 aromatic rings. The molecule has 8 heteroatoms. The van der Waals surface area contributed by atoms with Crippen molar-refractivity contribution in [3.63, 3.8) is 0 Å². The summed E-state index contributed by atoms with van der Waals surface area (Å²) in [5.74, 6) is 0.803. The number of hydrogen-bond donors (Lipinski definition) is 3. The third-order valence-corrected chi connectivity index (χ3v) is 7.30. The van der Waals surface area contributed by atoms with E-state index in [0.29, 0.717) is 22.5 Å². The Kier molecular flexibility index (Phi) is 19.4. The minimum absolute atomic E-state index is 0.237. The molecule has 232 valence electrons. The SMILES string of the molecule is C#C.C1CCNCC1.CC.CNC(=O)c1c(-c2ccc(F)cc2)oc2cc(N(C)SC)ccc12.SCCc1ccccc1. The van der Waals surface area contributed by atoms with Crippen LogP contribution in [0.2, 0.25) is 0 Å². The largest absolute Gasteiger partial charge is 0.455 e. The number of carbonyl (C=O) groups excluding carboxylic acids is 1. The van der Waals surface area contributed by atoms with Gasteiger partial charge in [0.2, 0.25) is 0 Å². The molecule has 0 unspecified atom stereocenters. The fourth-order valence-electron chi connectivity index (χ4n) is 4.12. The van der Waals surface area contributed by atoms with Gasteiger partial charge < -0.3 is 19.4 Å². The van der Waals surface area contributed by atoms with Crippen LogP contribution in [0.3, 0.4) is 0 Å². The number of aryl methyl sites for hydroxylation is 1. The molecule has 0 bridgehead atoms. The third-order valence-electron chi connectivity index (χ3n) is 6.32. The minimum Gasteiger partial charge on any atom is -0.455 e. The van der Waals surface area contributed by atoms with Crippen LogP contribution < -0.4 is 14.9 Å². The first-order valence-electron chi connectivity index (χ1n) is 14.5. The molecular formula is C35H46FN3O2S2. The Balaban J connectivity index is 0.000000396. The number of benzene rings is 3. The average Bonchev–Trinajstić information content (AvgIpc) is 3.47. The van der Waals surface area contributed by atoms with Gasteiger partial charge in [0.05, 0.1) is 11.3 Å². The maximum Gasteiger partial charge on any atom is 0.255 e. The highest BCUT2D eigenvalue weighted by Gasteiger charge is 2.22. The van der Waals surface area contributed by atoms with Crippen LogP contribution in [-0.2, 0) is 6.42 Å². The van der Waals surface area contributed by atoms with E-state index in [9.17, 15) is 9.18 Å². The van der Waals surface area contributed by atoms with Crippen molar-refractivity contribution in [1.82, 2.24) is 10.6 Å². The van der Waals surface area contributed by atoms with E-state index in [1.54, 1.807) is 31.1 Å². The molecule has 0 spiro atoms. The van der Waals surface area contributed by atoms with Gasteiger partial charge in [0.25, 0.3) is 5.91 Å². The fraction of sp³-hybridized carbons (Fsp3) is 0.343. The van der Waals surface area contributed by atoms with E-state index in [0.717, 1.165) is 23.2 Å². The van der Waals surface area contributed by atoms with E-state index < -0.39 is 0 Å². The van der Waals surface area contributed by atoms with Crippen molar-refractivity contribution in [2.45, 2.75) is 39.5 Å². The topological polar surface area (TPSA) is 57.5 Å². The van der Waals surface area contributed by atoms with Gasteiger partial charge in [-0.2, -0.15) is 12.6 Å². The summed E-state index contributed by atoms with van der Waals surface area (Å²) in [7, 11) is 3.53. The molecule has 0 aliphatic carbocycles. The van der Waals surface area contributed by atoms with Crippen molar-refractivity contribution < 1.29 is 13.6 Å². The van der Waals surface area contributed by atoms with Crippen LogP contribution >= 0.6 is 24.6 Å². The van der Waals surface area contributed by atoms with Crippen LogP contribution in [0.1, 0.15) is 49.0 Å². The monoisotopic (exact) mass is 623 g/mol. The van der Waals surface area contributed by atoms with Crippen molar-refractivity contribution in [2.24, 2.45) is 0 Å². The number of rotatable bonds is 6. The Hall–Kier alpha value is -3.38. The molecule has 2 N–H and O–H groups in total. The predicted octanol–water partition coefficient (Wildman–Crippen LogP) is 8.51. The Labute approximate surface area is 267 Å². The molecule has 1 aliphatic heterocycles. The maximum atomic E-state index is 13.2. The number of piperidine rings is 1. The van der Waals surface area contributed by atoms with Gasteiger partial charge in [-0.3, -0.25) is 4.79 Å². The zero-order valence-electron chi connectivity index (χ0n) is 26.0. The van der Waals surface area contributed by atoms with E-state index in [1.807, 2.05) is 55.7 Å². The molecule has 43 heavy (non-hydrogen) atoms. The lowest BCUT2D eigenvalue weighted by Crippen LogP contribution is -2.21. The van der Waals surface area contributed by atoms with Crippen molar-refractivity contribution in [1.29, 1.82) is 0 Å². The van der Waals surface area contributed by atoms with Crippen molar-refractivity contribution in [3.8, 4) is 24.2 Å². The number of halogens is 1. The van der Waals surface area contributed by atoms with Gasteiger partial charge in [-0.15, -0.1) is 12.8 Å². The number of carbonyl (C=O) groups is 1. The first-order chi connectivity index (χ1) is 21.0. The van der Waals surface area contributed by atoms with Crippen LogP contribution in [0.15, 0.2) is 77.2 Å². The first-order valence-corrected chi connectivity index (χ1v) is 16.3. The Morgan fingerprint density at radius 2 is 1.65 bits per heavy atom. The van der Waals surface area contributed by atoms with Crippen LogP contribution in [0.4, 0.5) is 10.1 Å². The number of furan rings is 1. The molecule has 2 heterocycles. The van der Waals surface area contributed by atoms with Crippen molar-refractivity contribution in [3.05, 3.63) is 89.7 Å². The van der Waals surface area contributed by atoms with Gasteiger partial charge in [-0.05, 0) is 80.1 Å². The van der Waals surface area contributed by atoms with Gasteiger partial charge in [-0.25, -0.2) is 4.39 Å². The molecule has 1 aromatic heterocycles. The third kappa shape index (κ3) is 12.4. The normalized spacial score (nSPS) is 11.6. The van der Waals surface area contributed by atoms with E-state index in [-0.39, 0.29) is 11.7 Å². The number of thiol groups is 1. The van der Waals surface area contributed by atoms with Crippen LogP contribution in [-0.4, -0.2) is 45.1 Å². The quantitative estimate of drug-likeness (QED) is 0.114. The summed E-state index contributed by atoms with van der Waals surface area (Å²) < 4.78 is 21.2. The van der Waals surface area contributed by atoms with E-state index in [1.165, 1.54) is 50.0 Å². The number of fused-ring (bicyclic) bond motifs is 1. The lowest BCUT2D eigenvalue weighted by molar-refractivity contribution is 0.0964. The predicted molar refractivity (Wildman–Crippen MR) is 189 cm³/mol. The second-order valence-electron chi connectivity index (χ2n) is 9.02. The highest BCUT2D eigenvalue weighted by atomic mass is 32.2. The molecule has 5 nitrogen and oxygen atoms in total. The molecule has 1 fully saturated rings. The highest BCUT2D eigenvalue weighted by molar-refractivity contribution is 7.99. The molecule has 1 saturated heterocycles. The Morgan fingerprint density at radius 3 is 2.14 bits per heavy atom. The molecule has 0 atom stereocenters. The van der Waals surface area contributed by atoms with Gasteiger partial charge in [0.15, 0.2) is 0 Å². The molecule has 0 saturated carbocycles. The summed E-state index contributed by atoms with van der Waals surface area (Å²) in [5.41, 5.74) is 4.07. The van der Waals surface area contributed by atoms with Gasteiger partial charge in [0.1, 0.15) is 17.2 Å². The summed E-state index contributed by atoms with van der Waals surface area (Å²) in [4.78, 5) is 12.4. The van der Waals surface area contributed by atoms with Gasteiger partial charge in [0, 0.05) is 37.4 Å². The molecular weight excluding hydrogens is 578 g/mol. The zero-order valence-corrected chi connectivity index (χ0v) is 27.7. The molecule has 5 rings (SSSR count). The smallest absolute Gasteiger partial charge is 0.255 e. The standard InChI is InChI=1S/C18H17FN2O2S.C8H10S.C5H11N.C2H6.C2H2/c1-20-18(22)16-14-9-8-13(21(2)24-3)10-15(14)23-17(16)11-4-6-12(19)7-5-11;9-7-6-8-4-2-1-3-5-8;1-2-4-6-5-3-1;2*1-2/h4-10H,1-3H3,(H,20,22);1-5,9H,6-7H2;6H,1-5H2;1-2H3;1-2H. The Morgan fingerprint density at radius 1 is 1.02 bits per heavy atom. The Bertz CT molecular complexity index is 1330. The average molecular weight is 624 g/mol. The van der Waals surface area contributed by atoms with Crippen molar-refractivity contribution in [2.75, 3.05) is 43.5 Å². The fourth-order valence-corrected chi connectivity index (χ4v) is 4.70. The highest BCUT2D eigenvalue weighted by Crippen LogP contribution is 2.36. The van der Waals surface area contributed by atoms with Crippen LogP contribution in [0.25, 0.3) is 22.3 Å². The number of terminal acetylenes is 1. The summed E-state index contributed by atoms with van der Waals surface area (Å²) in [6.07, 6.45) is 15.3. The van der Waals surface area contributed by atoms with Gasteiger partial charge >= 0.3 is 0 Å². The summed E-state index contributed by atoms with van der Waals surface area (Å²) >= 11 is 5.71. The number of anilines is 1. The number of nitrogens with zero attached hydrogens (tertiary/aromatic N) is 1. The summed E-state index contributed by atoms with van der Waals surface area (Å²) in [5, 5.41) is 6.66. The minimum atomic E-state index is -0.333. The lowest BCUT2D eigenvalue weighted by atomic mass is 10.0. The summed E-state index contributed by atoms with van der Waals surface area (Å²) in [6.45, 7) is 6.50. The second-order valence-corrected chi connectivity index (χ2v) is 10.4. The first kappa shape index (κ1) is 37.6. The molecule has 0 radical (unpaired) electrons. The summed E-state index contributed by atoms with van der Waals surface area (Å²) in [6, 6.07) is 22.0. The zero-order chi connectivity index (χ0) is 32.0. The van der Waals surface area contributed by atoms with E-state index in [4.69, 9.17) is 4.42 Å². The van der Waals surface area contributed by atoms with Crippen LogP contribution in [0, 0.1) is 18.7 Å². The molecule has 3 aromatic carbocycles. The number of hydrogen-bond acceptors (Lipinski definition) is 6. The number of amides is 1. The second kappa shape index (κ2) is 22.2. The lowest BCUT2D eigenvalue weighted by Gasteiger charge is -2.14. The van der Waals surface area contributed by atoms with E-state index >= 15 is 0 Å². The number of nitrogens with one attached hydrogen (secondary N) is 2.